The third-order valence-corrected chi connectivity index (χ3v) is 6.62. The lowest BCUT2D eigenvalue weighted by atomic mass is 9.99. The van der Waals surface area contributed by atoms with Crippen LogP contribution in [0, 0.1) is 0 Å². The normalized spacial score (nSPS) is 11.7. The summed E-state index contributed by atoms with van der Waals surface area (Å²) in [5.41, 5.74) is 6.09. The summed E-state index contributed by atoms with van der Waals surface area (Å²) in [6, 6.07) is 30.5. The fraction of sp³-hybridized carbons (Fsp3) is 0.125. The first-order chi connectivity index (χ1) is 18.9. The Morgan fingerprint density at radius 2 is 1.59 bits per heavy atom. The van der Waals surface area contributed by atoms with E-state index >= 15 is 0 Å². The molecular weight excluding hydrogens is 508 g/mol. The van der Waals surface area contributed by atoms with Crippen molar-refractivity contribution in [3.8, 4) is 5.88 Å². The molecule has 0 aliphatic rings. The Kier molecular flexibility index (Phi) is 7.77. The van der Waals surface area contributed by atoms with E-state index < -0.39 is 0 Å². The molecule has 0 bridgehead atoms. The molecule has 1 amide bonds. The Morgan fingerprint density at radius 1 is 0.897 bits per heavy atom. The predicted molar refractivity (Wildman–Crippen MR) is 158 cm³/mol. The first-order valence-corrected chi connectivity index (χ1v) is 13.0. The van der Waals surface area contributed by atoms with E-state index in [1.54, 1.807) is 30.3 Å². The van der Waals surface area contributed by atoms with Gasteiger partial charge in [-0.3, -0.25) is 4.79 Å². The lowest BCUT2D eigenvalue weighted by Gasteiger charge is -2.11. The monoisotopic (exact) mass is 536 g/mol. The van der Waals surface area contributed by atoms with Crippen molar-refractivity contribution in [2.24, 2.45) is 4.99 Å². The Hall–Kier alpha value is -4.39. The predicted octanol–water partition coefficient (Wildman–Crippen LogP) is 6.69. The van der Waals surface area contributed by atoms with E-state index in [4.69, 9.17) is 16.6 Å². The minimum atomic E-state index is -0.215. The zero-order valence-electron chi connectivity index (χ0n) is 21.8. The number of carbonyl (C=O) groups excluding carboxylic acids is 1. The highest BCUT2D eigenvalue weighted by atomic mass is 35.5. The number of amides is 1. The second kappa shape index (κ2) is 11.6. The fourth-order valence-corrected chi connectivity index (χ4v) is 4.60. The number of aromatic nitrogens is 1. The fourth-order valence-electron chi connectivity index (χ4n) is 4.48. The van der Waals surface area contributed by atoms with Crippen LogP contribution in [0.5, 0.6) is 5.88 Å². The van der Waals surface area contributed by atoms with E-state index in [0.29, 0.717) is 39.3 Å². The number of hydrogen-bond donors (Lipinski definition) is 3. The second-order valence-electron chi connectivity index (χ2n) is 9.65. The van der Waals surface area contributed by atoms with Gasteiger partial charge in [0.1, 0.15) is 0 Å². The number of rotatable bonds is 8. The number of nitrogens with one attached hydrogen (secondary N) is 2. The van der Waals surface area contributed by atoms with Crippen LogP contribution in [0.3, 0.4) is 0 Å². The molecule has 0 saturated carbocycles. The third-order valence-electron chi connectivity index (χ3n) is 6.37. The quantitative estimate of drug-likeness (QED) is 0.193. The molecule has 0 spiro atoms. The van der Waals surface area contributed by atoms with Gasteiger partial charge in [0.25, 0.3) is 5.91 Å². The highest BCUT2D eigenvalue weighted by molar-refractivity contribution is 6.30. The van der Waals surface area contributed by atoms with Crippen LogP contribution in [0.25, 0.3) is 10.9 Å². The van der Waals surface area contributed by atoms with Crippen molar-refractivity contribution >= 4 is 39.8 Å². The Morgan fingerprint density at radius 3 is 2.28 bits per heavy atom. The lowest BCUT2D eigenvalue weighted by Crippen LogP contribution is -2.22. The summed E-state index contributed by atoms with van der Waals surface area (Å²) in [5.74, 6) is -0.219. The van der Waals surface area contributed by atoms with Crippen molar-refractivity contribution in [2.45, 2.75) is 13.1 Å². The first-order valence-electron chi connectivity index (χ1n) is 12.6. The molecule has 39 heavy (non-hydrogen) atoms. The summed E-state index contributed by atoms with van der Waals surface area (Å²) < 4.78 is 0. The van der Waals surface area contributed by atoms with Gasteiger partial charge >= 0.3 is 0 Å². The smallest absolute Gasteiger partial charge is 0.251 e. The average Bonchev–Trinajstić information content (AvgIpc) is 3.27. The van der Waals surface area contributed by atoms with Gasteiger partial charge < -0.3 is 20.3 Å². The van der Waals surface area contributed by atoms with Gasteiger partial charge in [-0.2, -0.15) is 0 Å². The molecule has 5 aromatic rings. The van der Waals surface area contributed by atoms with Crippen LogP contribution >= 0.6 is 11.6 Å². The minimum absolute atomic E-state index is 0.00412. The maximum absolute atomic E-state index is 13.0. The van der Waals surface area contributed by atoms with Crippen LogP contribution in [0.2, 0.25) is 5.02 Å². The van der Waals surface area contributed by atoms with Crippen LogP contribution in [0.15, 0.2) is 102 Å². The van der Waals surface area contributed by atoms with Crippen molar-refractivity contribution in [3.63, 3.8) is 0 Å². The number of halogens is 1. The SMILES string of the molecule is CN(C)Cc1ccc(N=C(c2ccccc2)c2c(O)[nH]c3ccc(C(=O)NCc4ccc(Cl)cc4)cc23)cc1. The number of aliphatic imine (C=N–C) groups is 1. The van der Waals surface area contributed by atoms with Crippen LogP contribution < -0.4 is 5.32 Å². The maximum Gasteiger partial charge on any atom is 0.251 e. The topological polar surface area (TPSA) is 80.7 Å². The van der Waals surface area contributed by atoms with Gasteiger partial charge in [-0.1, -0.05) is 66.2 Å². The average molecular weight is 537 g/mol. The number of benzene rings is 4. The number of aromatic hydroxyl groups is 1. The van der Waals surface area contributed by atoms with Gasteiger partial charge in [0.2, 0.25) is 0 Å². The van der Waals surface area contributed by atoms with Crippen molar-refractivity contribution in [3.05, 3.63) is 130 Å². The number of nitrogens with zero attached hydrogens (tertiary/aromatic N) is 2. The van der Waals surface area contributed by atoms with E-state index in [1.807, 2.05) is 68.7 Å². The number of carbonyl (C=O) groups is 1. The largest absolute Gasteiger partial charge is 0.494 e. The van der Waals surface area contributed by atoms with Crippen LogP contribution in [-0.2, 0) is 13.1 Å². The molecule has 196 valence electrons. The summed E-state index contributed by atoms with van der Waals surface area (Å²) in [6.07, 6.45) is 0. The van der Waals surface area contributed by atoms with Crippen molar-refractivity contribution in [1.82, 2.24) is 15.2 Å². The Bertz CT molecular complexity index is 1620. The maximum atomic E-state index is 13.0. The number of fused-ring (bicyclic) bond motifs is 1. The van der Waals surface area contributed by atoms with Crippen molar-refractivity contribution < 1.29 is 9.90 Å². The molecule has 0 unspecified atom stereocenters. The zero-order valence-corrected chi connectivity index (χ0v) is 22.5. The molecule has 5 rings (SSSR count). The van der Waals surface area contributed by atoms with E-state index in [9.17, 15) is 9.90 Å². The second-order valence-corrected chi connectivity index (χ2v) is 10.1. The number of aromatic amines is 1. The highest BCUT2D eigenvalue weighted by Gasteiger charge is 2.20. The molecule has 0 fully saturated rings. The van der Waals surface area contributed by atoms with Gasteiger partial charge in [-0.25, -0.2) is 4.99 Å². The summed E-state index contributed by atoms with van der Waals surface area (Å²) in [7, 11) is 4.07. The molecule has 1 aromatic heterocycles. The van der Waals surface area contributed by atoms with Crippen molar-refractivity contribution in [2.75, 3.05) is 14.1 Å². The standard InChI is InChI=1S/C32H29ClN4O2/c1-37(2)20-22-10-15-26(16-11-22)35-30(23-6-4-3-5-7-23)29-27-18-24(12-17-28(27)36-32(29)39)31(38)34-19-21-8-13-25(33)14-9-21/h3-18,36,39H,19-20H2,1-2H3,(H,34,38). The van der Waals surface area contributed by atoms with Gasteiger partial charge in [0, 0.05) is 40.1 Å². The summed E-state index contributed by atoms with van der Waals surface area (Å²) in [4.78, 5) is 23.2. The molecule has 0 saturated heterocycles. The molecule has 7 heteroatoms. The summed E-state index contributed by atoms with van der Waals surface area (Å²) >= 11 is 5.97. The molecule has 4 aromatic carbocycles. The van der Waals surface area contributed by atoms with Gasteiger partial charge in [-0.15, -0.1) is 0 Å². The zero-order chi connectivity index (χ0) is 27.4. The molecule has 0 radical (unpaired) electrons. The van der Waals surface area contributed by atoms with E-state index in [2.05, 4.69) is 27.3 Å². The van der Waals surface area contributed by atoms with Crippen LogP contribution in [0.1, 0.15) is 32.6 Å². The van der Waals surface area contributed by atoms with Crippen LogP contribution in [-0.4, -0.2) is 40.7 Å². The molecule has 0 atom stereocenters. The van der Waals surface area contributed by atoms with Crippen LogP contribution in [0.4, 0.5) is 5.69 Å². The van der Waals surface area contributed by atoms with Gasteiger partial charge in [0.05, 0.1) is 17.0 Å². The molecule has 0 aliphatic heterocycles. The third kappa shape index (κ3) is 6.20. The Labute approximate surface area is 232 Å². The van der Waals surface area contributed by atoms with E-state index in [1.165, 1.54) is 5.56 Å². The molecule has 1 heterocycles. The minimum Gasteiger partial charge on any atom is -0.494 e. The number of hydrogen-bond acceptors (Lipinski definition) is 4. The lowest BCUT2D eigenvalue weighted by molar-refractivity contribution is 0.0951. The summed E-state index contributed by atoms with van der Waals surface area (Å²) in [6.45, 7) is 1.21. The van der Waals surface area contributed by atoms with E-state index in [0.717, 1.165) is 23.4 Å². The molecule has 0 aliphatic carbocycles. The van der Waals surface area contributed by atoms with Gasteiger partial charge in [0.15, 0.2) is 5.88 Å². The van der Waals surface area contributed by atoms with Gasteiger partial charge in [-0.05, 0) is 67.7 Å². The number of H-pyrrole nitrogens is 1. The first kappa shape index (κ1) is 26.2. The Balaban J connectivity index is 1.52. The molecule has 3 N–H and O–H groups in total. The summed E-state index contributed by atoms with van der Waals surface area (Å²) in [5, 5.41) is 15.4. The molecular formula is C32H29ClN4O2. The highest BCUT2D eigenvalue weighted by Crippen LogP contribution is 2.32. The van der Waals surface area contributed by atoms with Crippen molar-refractivity contribution in [1.29, 1.82) is 0 Å². The molecule has 6 nitrogen and oxygen atoms in total. The van der Waals surface area contributed by atoms with E-state index in [-0.39, 0.29) is 11.8 Å².